The maximum absolute atomic E-state index is 10.4. The molecule has 0 saturated heterocycles. The summed E-state index contributed by atoms with van der Waals surface area (Å²) < 4.78 is 11.3. The van der Waals surface area contributed by atoms with Gasteiger partial charge < -0.3 is 14.6 Å². The van der Waals surface area contributed by atoms with Crippen LogP contribution in [0, 0.1) is 0 Å². The minimum atomic E-state index is -0.529. The highest BCUT2D eigenvalue weighted by molar-refractivity contribution is 5.44. The Morgan fingerprint density at radius 1 is 1.19 bits per heavy atom. The first-order valence-electron chi connectivity index (χ1n) is 7.33. The zero-order valence-corrected chi connectivity index (χ0v) is 12.4. The summed E-state index contributed by atoms with van der Waals surface area (Å²) in [6.07, 6.45) is 0.898. The lowest BCUT2D eigenvalue weighted by atomic mass is 9.91. The summed E-state index contributed by atoms with van der Waals surface area (Å²) >= 11 is 0. The smallest absolute Gasteiger partial charge is 0.127 e. The van der Waals surface area contributed by atoms with Crippen LogP contribution in [0.25, 0.3) is 0 Å². The summed E-state index contributed by atoms with van der Waals surface area (Å²) in [6.45, 7) is 2.14. The van der Waals surface area contributed by atoms with E-state index in [0.29, 0.717) is 6.42 Å². The van der Waals surface area contributed by atoms with Crippen LogP contribution < -0.4 is 9.47 Å². The van der Waals surface area contributed by atoms with E-state index in [2.05, 4.69) is 19.1 Å². The predicted molar refractivity (Wildman–Crippen MR) is 81.8 cm³/mol. The Labute approximate surface area is 125 Å². The Kier molecular flexibility index (Phi) is 3.84. The molecule has 0 fully saturated rings. The molecule has 2 aromatic rings. The van der Waals surface area contributed by atoms with Crippen molar-refractivity contribution in [2.45, 2.75) is 32.0 Å². The number of benzene rings is 2. The molecule has 1 aliphatic rings. The second kappa shape index (κ2) is 5.78. The lowest BCUT2D eigenvalue weighted by molar-refractivity contribution is 0.0650. The summed E-state index contributed by atoms with van der Waals surface area (Å²) in [6, 6.07) is 13.9. The van der Waals surface area contributed by atoms with Crippen LogP contribution in [0.2, 0.25) is 0 Å². The molecule has 0 spiro atoms. The minimum Gasteiger partial charge on any atom is -0.497 e. The van der Waals surface area contributed by atoms with Gasteiger partial charge in [0.1, 0.15) is 17.6 Å². The van der Waals surface area contributed by atoms with Crippen molar-refractivity contribution < 1.29 is 14.6 Å². The van der Waals surface area contributed by atoms with Crippen molar-refractivity contribution in [3.8, 4) is 11.5 Å². The normalized spacial score (nSPS) is 20.5. The van der Waals surface area contributed by atoms with Crippen molar-refractivity contribution in [3.63, 3.8) is 0 Å². The van der Waals surface area contributed by atoms with E-state index in [9.17, 15) is 5.11 Å². The number of aliphatic hydroxyl groups is 1. The maximum Gasteiger partial charge on any atom is 0.127 e. The Hall–Kier alpha value is -2.00. The average molecular weight is 284 g/mol. The first-order valence-corrected chi connectivity index (χ1v) is 7.33. The summed E-state index contributed by atoms with van der Waals surface area (Å²) in [5.74, 6) is 1.48. The van der Waals surface area contributed by atoms with Gasteiger partial charge in [-0.05, 0) is 35.7 Å². The summed E-state index contributed by atoms with van der Waals surface area (Å²) in [5, 5.41) is 10.4. The van der Waals surface area contributed by atoms with Crippen molar-refractivity contribution in [1.29, 1.82) is 0 Å². The van der Waals surface area contributed by atoms with E-state index in [4.69, 9.17) is 9.47 Å². The van der Waals surface area contributed by atoms with Gasteiger partial charge in [0.05, 0.1) is 13.2 Å². The van der Waals surface area contributed by atoms with Gasteiger partial charge >= 0.3 is 0 Å². The zero-order valence-electron chi connectivity index (χ0n) is 12.4. The molecule has 110 valence electrons. The van der Waals surface area contributed by atoms with Gasteiger partial charge in [-0.15, -0.1) is 0 Å². The molecular weight excluding hydrogens is 264 g/mol. The molecule has 0 radical (unpaired) electrons. The van der Waals surface area contributed by atoms with E-state index in [1.54, 1.807) is 7.11 Å². The third kappa shape index (κ3) is 2.61. The molecule has 3 nitrogen and oxygen atoms in total. The van der Waals surface area contributed by atoms with Crippen LogP contribution >= 0.6 is 0 Å². The van der Waals surface area contributed by atoms with Crippen LogP contribution in [0.5, 0.6) is 11.5 Å². The molecule has 2 atom stereocenters. The molecule has 3 heteroatoms. The molecule has 21 heavy (non-hydrogen) atoms. The fraction of sp³-hybridized carbons (Fsp3) is 0.333. The number of rotatable bonds is 3. The van der Waals surface area contributed by atoms with Gasteiger partial charge in [0.25, 0.3) is 0 Å². The van der Waals surface area contributed by atoms with E-state index in [1.807, 2.05) is 30.3 Å². The quantitative estimate of drug-likeness (QED) is 0.931. The molecule has 1 N–H and O–H groups in total. The van der Waals surface area contributed by atoms with Crippen LogP contribution in [0.1, 0.15) is 42.2 Å². The number of aryl methyl sites for hydroxylation is 1. The van der Waals surface area contributed by atoms with Gasteiger partial charge in [0, 0.05) is 12.0 Å². The van der Waals surface area contributed by atoms with Gasteiger partial charge in [0.2, 0.25) is 0 Å². The number of ether oxygens (including phenoxy) is 2. The van der Waals surface area contributed by atoms with Crippen LogP contribution in [0.15, 0.2) is 42.5 Å². The summed E-state index contributed by atoms with van der Waals surface area (Å²) in [7, 11) is 1.62. The largest absolute Gasteiger partial charge is 0.497 e. The van der Waals surface area contributed by atoms with Crippen molar-refractivity contribution >= 4 is 0 Å². The van der Waals surface area contributed by atoms with Crippen molar-refractivity contribution in [1.82, 2.24) is 0 Å². The number of methoxy groups -OCH3 is 1. The van der Waals surface area contributed by atoms with Gasteiger partial charge in [0.15, 0.2) is 0 Å². The molecule has 0 saturated carbocycles. The highest BCUT2D eigenvalue weighted by Crippen LogP contribution is 2.42. The van der Waals surface area contributed by atoms with Crippen molar-refractivity contribution in [2.24, 2.45) is 0 Å². The Morgan fingerprint density at radius 2 is 2.00 bits per heavy atom. The number of aliphatic hydroxyl groups excluding tert-OH is 1. The highest BCUT2D eigenvalue weighted by atomic mass is 16.5. The molecule has 0 aromatic heterocycles. The van der Waals surface area contributed by atoms with E-state index < -0.39 is 6.10 Å². The van der Waals surface area contributed by atoms with Crippen molar-refractivity contribution in [3.05, 3.63) is 59.2 Å². The molecular formula is C18H20O3. The Balaban J connectivity index is 1.95. The lowest BCUT2D eigenvalue weighted by Gasteiger charge is -2.31. The van der Waals surface area contributed by atoms with Crippen LogP contribution in [0.3, 0.4) is 0 Å². The van der Waals surface area contributed by atoms with Crippen molar-refractivity contribution in [2.75, 3.05) is 7.11 Å². The van der Waals surface area contributed by atoms with Gasteiger partial charge in [-0.1, -0.05) is 31.2 Å². The second-order valence-corrected chi connectivity index (χ2v) is 5.31. The average Bonchev–Trinajstić information content (AvgIpc) is 2.54. The van der Waals surface area contributed by atoms with E-state index in [-0.39, 0.29) is 6.10 Å². The number of fused-ring (bicyclic) bond motifs is 1. The first-order chi connectivity index (χ1) is 10.2. The van der Waals surface area contributed by atoms with Crippen LogP contribution in [0.4, 0.5) is 0 Å². The van der Waals surface area contributed by atoms with Gasteiger partial charge in [-0.25, -0.2) is 0 Å². The monoisotopic (exact) mass is 284 g/mol. The zero-order chi connectivity index (χ0) is 14.8. The standard InChI is InChI=1S/C18H20O3/c1-3-12-6-4-5-7-14(12)18-11-16(19)15-10-13(20-2)8-9-17(15)21-18/h4-10,16,18-19H,3,11H2,1-2H3. The molecule has 0 amide bonds. The second-order valence-electron chi connectivity index (χ2n) is 5.31. The number of hydrogen-bond acceptors (Lipinski definition) is 3. The maximum atomic E-state index is 10.4. The van der Waals surface area contributed by atoms with Gasteiger partial charge in [-0.2, -0.15) is 0 Å². The fourth-order valence-corrected chi connectivity index (χ4v) is 2.91. The molecule has 1 aliphatic heterocycles. The van der Waals surface area contributed by atoms with Crippen LogP contribution in [-0.2, 0) is 6.42 Å². The van der Waals surface area contributed by atoms with E-state index in [0.717, 1.165) is 23.5 Å². The topological polar surface area (TPSA) is 38.7 Å². The van der Waals surface area contributed by atoms with E-state index in [1.165, 1.54) is 11.1 Å². The summed E-state index contributed by atoms with van der Waals surface area (Å²) in [5.41, 5.74) is 3.24. The Morgan fingerprint density at radius 3 is 2.76 bits per heavy atom. The van der Waals surface area contributed by atoms with E-state index >= 15 is 0 Å². The summed E-state index contributed by atoms with van der Waals surface area (Å²) in [4.78, 5) is 0. The third-order valence-corrected chi connectivity index (χ3v) is 4.07. The Bertz CT molecular complexity index is 636. The molecule has 1 heterocycles. The highest BCUT2D eigenvalue weighted by Gasteiger charge is 2.29. The third-order valence-electron chi connectivity index (χ3n) is 4.07. The molecule has 3 rings (SSSR count). The fourth-order valence-electron chi connectivity index (χ4n) is 2.91. The minimum absolute atomic E-state index is 0.1000. The predicted octanol–water partition coefficient (Wildman–Crippen LogP) is 3.81. The molecule has 0 aliphatic carbocycles. The lowest BCUT2D eigenvalue weighted by Crippen LogP contribution is -2.20. The van der Waals surface area contributed by atoms with Gasteiger partial charge in [-0.3, -0.25) is 0 Å². The molecule has 2 unspecified atom stereocenters. The first kappa shape index (κ1) is 14.0. The van der Waals surface area contributed by atoms with Crippen LogP contribution in [-0.4, -0.2) is 12.2 Å². The molecule has 2 aromatic carbocycles. The SMILES string of the molecule is CCc1ccccc1C1CC(O)c2cc(OC)ccc2O1. The molecule has 0 bridgehead atoms. The number of hydrogen-bond donors (Lipinski definition) is 1.